The lowest BCUT2D eigenvalue weighted by Gasteiger charge is -2.31. The number of phenols is 1. The van der Waals surface area contributed by atoms with Gasteiger partial charge < -0.3 is 40.4 Å². The third kappa shape index (κ3) is 12.9. The maximum atomic E-state index is 13.2. The Morgan fingerprint density at radius 3 is 2.38 bits per heavy atom. The predicted octanol–water partition coefficient (Wildman–Crippen LogP) is 7.12. The van der Waals surface area contributed by atoms with Crippen LogP contribution in [-0.2, 0) is 33.6 Å². The monoisotopic (exact) mass is 878 g/mol. The first-order valence-electron chi connectivity index (χ1n) is 22.3. The number of phenolic OH excluding ortho intramolecular Hbond substituents is 1. The third-order valence-corrected chi connectivity index (χ3v) is 12.0. The zero-order valence-corrected chi connectivity index (χ0v) is 37.0. The number of aliphatic hydroxyl groups is 1. The summed E-state index contributed by atoms with van der Waals surface area (Å²) in [6, 6.07) is 39.5. The van der Waals surface area contributed by atoms with E-state index in [1.807, 2.05) is 91.0 Å². The number of benzene rings is 5. The van der Waals surface area contributed by atoms with E-state index in [0.717, 1.165) is 53.0 Å². The Morgan fingerprint density at radius 2 is 1.60 bits per heavy atom. The number of aromatic amines is 1. The van der Waals surface area contributed by atoms with E-state index in [9.17, 15) is 29.4 Å². The van der Waals surface area contributed by atoms with E-state index in [2.05, 4.69) is 44.9 Å². The van der Waals surface area contributed by atoms with Crippen LogP contribution in [0, 0.1) is 0 Å². The SMILES string of the molecule is C[C@@H](Cc1cccc(CCNC(=O)Cc2ccc(N(C)C(=O)CCN3CCC(OC(=O)Nc4ccccc4-c4ccccc4)CC3)cc2)c1)NC[C@H](O)c1ccc(O)c2[nH]c(=O)ccc12. The summed E-state index contributed by atoms with van der Waals surface area (Å²) in [6.07, 6.45) is 1.89. The van der Waals surface area contributed by atoms with Gasteiger partial charge in [-0.05, 0) is 90.8 Å². The van der Waals surface area contributed by atoms with Crippen LogP contribution in [0.15, 0.2) is 132 Å². The molecule has 0 saturated carbocycles. The molecule has 3 amide bonds. The van der Waals surface area contributed by atoms with Crippen molar-refractivity contribution in [2.45, 2.75) is 63.7 Å². The number of para-hydroxylation sites is 1. The largest absolute Gasteiger partial charge is 0.506 e. The summed E-state index contributed by atoms with van der Waals surface area (Å²) >= 11 is 0. The fourth-order valence-corrected chi connectivity index (χ4v) is 8.31. The Kier molecular flexibility index (Phi) is 15.8. The molecule has 1 fully saturated rings. The molecular formula is C52H58N6O7. The van der Waals surface area contributed by atoms with Crippen LogP contribution < -0.4 is 26.4 Å². The van der Waals surface area contributed by atoms with Gasteiger partial charge in [-0.1, -0.05) is 91.0 Å². The molecule has 13 heteroatoms. The Morgan fingerprint density at radius 1 is 0.862 bits per heavy atom. The van der Waals surface area contributed by atoms with Crippen LogP contribution in [0.2, 0.25) is 0 Å². The summed E-state index contributed by atoms with van der Waals surface area (Å²) in [6.45, 7) is 4.92. The van der Waals surface area contributed by atoms with Gasteiger partial charge in [-0.3, -0.25) is 19.7 Å². The zero-order valence-electron chi connectivity index (χ0n) is 37.0. The smallest absolute Gasteiger partial charge is 0.411 e. The van der Waals surface area contributed by atoms with Gasteiger partial charge in [0.05, 0.1) is 23.7 Å². The lowest BCUT2D eigenvalue weighted by atomic mass is 10.0. The lowest BCUT2D eigenvalue weighted by Crippen LogP contribution is -2.40. The van der Waals surface area contributed by atoms with Crippen molar-refractivity contribution in [1.82, 2.24) is 20.5 Å². The van der Waals surface area contributed by atoms with Gasteiger partial charge >= 0.3 is 6.09 Å². The van der Waals surface area contributed by atoms with Crippen molar-refractivity contribution in [3.05, 3.63) is 160 Å². The molecule has 2 heterocycles. The summed E-state index contributed by atoms with van der Waals surface area (Å²) in [5, 5.41) is 31.1. The van der Waals surface area contributed by atoms with Crippen LogP contribution in [0.1, 0.15) is 54.5 Å². The summed E-state index contributed by atoms with van der Waals surface area (Å²) in [4.78, 5) is 57.1. The van der Waals surface area contributed by atoms with Crippen molar-refractivity contribution >= 4 is 40.2 Å². The number of amides is 3. The van der Waals surface area contributed by atoms with Gasteiger partial charge in [0.1, 0.15) is 11.9 Å². The molecule has 1 saturated heterocycles. The molecule has 0 bridgehead atoms. The van der Waals surface area contributed by atoms with Gasteiger partial charge in [-0.2, -0.15) is 0 Å². The summed E-state index contributed by atoms with van der Waals surface area (Å²) in [5.74, 6) is -0.125. The normalized spacial score (nSPS) is 14.1. The lowest BCUT2D eigenvalue weighted by molar-refractivity contribution is -0.120. The quantitative estimate of drug-likeness (QED) is 0.0525. The van der Waals surface area contributed by atoms with Crippen molar-refractivity contribution in [1.29, 1.82) is 0 Å². The molecule has 1 aliphatic rings. The van der Waals surface area contributed by atoms with Crippen molar-refractivity contribution in [3.63, 3.8) is 0 Å². The Balaban J connectivity index is 0.775. The minimum absolute atomic E-state index is 0.00116. The minimum Gasteiger partial charge on any atom is -0.506 e. The molecule has 0 radical (unpaired) electrons. The van der Waals surface area contributed by atoms with E-state index in [-0.39, 0.29) is 41.7 Å². The molecular weight excluding hydrogens is 821 g/mol. The van der Waals surface area contributed by atoms with Crippen LogP contribution in [0.25, 0.3) is 22.0 Å². The maximum Gasteiger partial charge on any atom is 0.411 e. The van der Waals surface area contributed by atoms with Crippen LogP contribution in [-0.4, -0.2) is 89.9 Å². The second-order valence-electron chi connectivity index (χ2n) is 16.8. The second kappa shape index (κ2) is 22.2. The molecule has 7 rings (SSSR count). The van der Waals surface area contributed by atoms with E-state index in [1.165, 1.54) is 12.1 Å². The van der Waals surface area contributed by atoms with Gasteiger partial charge in [0.15, 0.2) is 0 Å². The summed E-state index contributed by atoms with van der Waals surface area (Å²) < 4.78 is 5.78. The zero-order chi connectivity index (χ0) is 45.7. The fourth-order valence-electron chi connectivity index (χ4n) is 8.31. The average molecular weight is 879 g/mol. The number of aliphatic hydroxyl groups excluding tert-OH is 1. The van der Waals surface area contributed by atoms with Crippen molar-refractivity contribution in [2.24, 2.45) is 0 Å². The first kappa shape index (κ1) is 46.2. The number of carbonyl (C=O) groups is 3. The van der Waals surface area contributed by atoms with E-state index >= 15 is 0 Å². The highest BCUT2D eigenvalue weighted by Crippen LogP contribution is 2.30. The first-order valence-corrected chi connectivity index (χ1v) is 22.3. The highest BCUT2D eigenvalue weighted by Gasteiger charge is 2.24. The number of H-pyrrole nitrogens is 1. The molecule has 1 aliphatic heterocycles. The van der Waals surface area contributed by atoms with Crippen molar-refractivity contribution in [3.8, 4) is 16.9 Å². The molecule has 0 spiro atoms. The minimum atomic E-state index is -0.844. The topological polar surface area (TPSA) is 176 Å². The second-order valence-corrected chi connectivity index (χ2v) is 16.8. The van der Waals surface area contributed by atoms with Gasteiger partial charge in [0, 0.05) is 74.9 Å². The number of hydrogen-bond acceptors (Lipinski definition) is 9. The number of rotatable bonds is 18. The molecule has 5 aromatic carbocycles. The number of anilines is 2. The maximum absolute atomic E-state index is 13.2. The molecule has 13 nitrogen and oxygen atoms in total. The van der Waals surface area contributed by atoms with Crippen molar-refractivity contribution < 1.29 is 29.3 Å². The number of aromatic hydroxyl groups is 1. The van der Waals surface area contributed by atoms with Gasteiger partial charge in [-0.25, -0.2) is 4.79 Å². The number of pyridine rings is 1. The predicted molar refractivity (Wildman–Crippen MR) is 255 cm³/mol. The van der Waals surface area contributed by atoms with Gasteiger partial charge in [0.2, 0.25) is 17.4 Å². The number of likely N-dealkylation sites (tertiary alicyclic amines) is 1. The highest BCUT2D eigenvalue weighted by atomic mass is 16.6. The number of hydrogen-bond donors (Lipinski definition) is 6. The Hall–Kier alpha value is -6.80. The number of carbonyl (C=O) groups excluding carboxylic acids is 3. The van der Waals surface area contributed by atoms with Crippen LogP contribution in [0.5, 0.6) is 5.75 Å². The van der Waals surface area contributed by atoms with Crippen LogP contribution in [0.4, 0.5) is 16.2 Å². The number of nitrogens with one attached hydrogen (secondary N) is 4. The molecule has 0 unspecified atom stereocenters. The van der Waals surface area contributed by atoms with Crippen LogP contribution >= 0.6 is 0 Å². The number of fused-ring (bicyclic) bond motifs is 1. The number of nitrogens with zero attached hydrogens (tertiary/aromatic N) is 2. The van der Waals surface area contributed by atoms with E-state index in [1.54, 1.807) is 24.1 Å². The molecule has 6 aromatic rings. The fraction of sp³-hybridized carbons (Fsp3) is 0.308. The average Bonchev–Trinajstić information content (AvgIpc) is 3.31. The number of aromatic nitrogens is 1. The molecule has 0 aliphatic carbocycles. The number of ether oxygens (including phenoxy) is 1. The summed E-state index contributed by atoms with van der Waals surface area (Å²) in [7, 11) is 1.77. The first-order chi connectivity index (χ1) is 31.5. The highest BCUT2D eigenvalue weighted by molar-refractivity contribution is 5.93. The van der Waals surface area contributed by atoms with E-state index in [4.69, 9.17) is 4.74 Å². The summed E-state index contributed by atoms with van der Waals surface area (Å²) in [5.41, 5.74) is 7.10. The molecule has 338 valence electrons. The molecule has 65 heavy (non-hydrogen) atoms. The van der Waals surface area contributed by atoms with Crippen LogP contribution in [0.3, 0.4) is 0 Å². The van der Waals surface area contributed by atoms with E-state index in [0.29, 0.717) is 67.5 Å². The molecule has 1 aromatic heterocycles. The Labute approximate surface area is 379 Å². The third-order valence-electron chi connectivity index (χ3n) is 12.0. The molecule has 2 atom stereocenters. The van der Waals surface area contributed by atoms with Crippen molar-refractivity contribution in [2.75, 3.05) is 50.0 Å². The number of piperidine rings is 1. The van der Waals surface area contributed by atoms with E-state index < -0.39 is 12.2 Å². The van der Waals surface area contributed by atoms with Gasteiger partial charge in [-0.15, -0.1) is 0 Å². The standard InChI is InChI=1S/C52H58N6O7/c1-35(54-34-47(60)43-19-21-46(59)51-44(43)20-22-48(61)56-51)31-38-10-8-9-36(32-38)23-27-53-49(62)33-37-15-17-40(18-16-37)57(2)50(63)26-30-58-28-24-41(25-29-58)65-52(64)55-45-14-7-6-13-42(45)39-11-4-3-5-12-39/h3-22,32,35,41,47,54,59-60H,23-31,33-34H2,1-2H3,(H,53,62)(H,55,64)(H,56,61)/t35-,47-/m0/s1. The van der Waals surface area contributed by atoms with Gasteiger partial charge in [0.25, 0.3) is 0 Å². The Bertz CT molecular complexity index is 2610. The molecule has 6 N–H and O–H groups in total.